The lowest BCUT2D eigenvalue weighted by molar-refractivity contribution is 0.0498. The van der Waals surface area contributed by atoms with Crippen LogP contribution in [0.2, 0.25) is 0 Å². The zero-order valence-corrected chi connectivity index (χ0v) is 11.6. The van der Waals surface area contributed by atoms with E-state index in [2.05, 4.69) is 0 Å². The maximum absolute atomic E-state index is 13.4. The van der Waals surface area contributed by atoms with E-state index < -0.39 is 0 Å². The molecular weight excluding hydrogens is 336 g/mol. The fourth-order valence-corrected chi connectivity index (χ4v) is 2.28. The first-order valence-electron chi connectivity index (χ1n) is 5.62. The lowest BCUT2D eigenvalue weighted by atomic mass is 10.0. The van der Waals surface area contributed by atoms with Crippen molar-refractivity contribution in [3.05, 3.63) is 21.5 Å². The van der Waals surface area contributed by atoms with E-state index in [0.29, 0.717) is 27.5 Å². The molecule has 0 bridgehead atoms. The van der Waals surface area contributed by atoms with E-state index in [1.807, 2.05) is 22.6 Å². The molecule has 0 aliphatic carbocycles. The van der Waals surface area contributed by atoms with Crippen LogP contribution >= 0.6 is 22.6 Å². The lowest BCUT2D eigenvalue weighted by Gasteiger charge is -2.22. The van der Waals surface area contributed by atoms with Crippen LogP contribution in [0.5, 0.6) is 5.75 Å². The van der Waals surface area contributed by atoms with Gasteiger partial charge >= 0.3 is 0 Å². The van der Waals surface area contributed by atoms with Crippen molar-refractivity contribution in [1.82, 2.24) is 0 Å². The molecule has 0 aromatic heterocycles. The van der Waals surface area contributed by atoms with Gasteiger partial charge in [0.05, 0.1) is 15.9 Å². The number of rotatable bonds is 3. The average Bonchev–Trinajstić information content (AvgIpc) is 2.33. The molecule has 1 aliphatic rings. The molecule has 1 heterocycles. The van der Waals surface area contributed by atoms with Gasteiger partial charge in [-0.3, -0.25) is 0 Å². The fraction of sp³-hybridized carbons (Fsp3) is 0.500. The van der Waals surface area contributed by atoms with Crippen LogP contribution in [0.4, 0.5) is 10.1 Å². The molecule has 2 rings (SSSR count). The molecule has 0 amide bonds. The second-order valence-electron chi connectivity index (χ2n) is 4.17. The Morgan fingerprint density at radius 2 is 2.12 bits per heavy atom. The van der Waals surface area contributed by atoms with Gasteiger partial charge in [0.25, 0.3) is 0 Å². The van der Waals surface area contributed by atoms with Crippen molar-refractivity contribution in [3.63, 3.8) is 0 Å². The van der Waals surface area contributed by atoms with Gasteiger partial charge in [0, 0.05) is 19.3 Å². The van der Waals surface area contributed by atoms with Crippen LogP contribution in [-0.2, 0) is 4.74 Å². The SMILES string of the molecule is Nc1cc(I)c(F)cc1OCC1CCOCC1. The zero-order chi connectivity index (χ0) is 12.3. The van der Waals surface area contributed by atoms with Crippen LogP contribution in [0.25, 0.3) is 0 Å². The Labute approximate surface area is 114 Å². The summed E-state index contributed by atoms with van der Waals surface area (Å²) in [5, 5.41) is 0. The van der Waals surface area contributed by atoms with Gasteiger partial charge in [-0.25, -0.2) is 4.39 Å². The first-order valence-corrected chi connectivity index (χ1v) is 6.69. The fourth-order valence-electron chi connectivity index (χ4n) is 1.79. The highest BCUT2D eigenvalue weighted by atomic mass is 127. The van der Waals surface area contributed by atoms with Gasteiger partial charge in [0.2, 0.25) is 0 Å². The maximum atomic E-state index is 13.4. The van der Waals surface area contributed by atoms with E-state index in [4.69, 9.17) is 15.2 Å². The third-order valence-electron chi connectivity index (χ3n) is 2.87. The molecule has 0 saturated carbocycles. The second kappa shape index (κ2) is 5.86. The minimum atomic E-state index is -0.290. The van der Waals surface area contributed by atoms with Crippen molar-refractivity contribution in [2.24, 2.45) is 5.92 Å². The smallest absolute Gasteiger partial charge is 0.145 e. The molecule has 94 valence electrons. The Balaban J connectivity index is 1.96. The Bertz CT molecular complexity index is 394. The van der Waals surface area contributed by atoms with Gasteiger partial charge in [-0.15, -0.1) is 0 Å². The highest BCUT2D eigenvalue weighted by Gasteiger charge is 2.15. The molecule has 1 aromatic carbocycles. The molecule has 17 heavy (non-hydrogen) atoms. The summed E-state index contributed by atoms with van der Waals surface area (Å²) in [6.07, 6.45) is 1.99. The summed E-state index contributed by atoms with van der Waals surface area (Å²) >= 11 is 1.91. The highest BCUT2D eigenvalue weighted by molar-refractivity contribution is 14.1. The summed E-state index contributed by atoms with van der Waals surface area (Å²) < 4.78 is 24.7. The normalized spacial score (nSPS) is 17.1. The van der Waals surface area contributed by atoms with Crippen LogP contribution in [-0.4, -0.2) is 19.8 Å². The predicted octanol–water partition coefficient (Wildman–Crippen LogP) is 2.82. The largest absolute Gasteiger partial charge is 0.491 e. The quantitative estimate of drug-likeness (QED) is 0.673. The minimum Gasteiger partial charge on any atom is -0.491 e. The third-order valence-corrected chi connectivity index (χ3v) is 3.69. The van der Waals surface area contributed by atoms with Gasteiger partial charge in [-0.05, 0) is 47.4 Å². The van der Waals surface area contributed by atoms with E-state index in [-0.39, 0.29) is 5.82 Å². The van der Waals surface area contributed by atoms with Gasteiger partial charge in [-0.2, -0.15) is 0 Å². The summed E-state index contributed by atoms with van der Waals surface area (Å²) in [7, 11) is 0. The van der Waals surface area contributed by atoms with Gasteiger partial charge in [0.1, 0.15) is 11.6 Å². The number of hydrogen-bond acceptors (Lipinski definition) is 3. The predicted molar refractivity (Wildman–Crippen MR) is 72.6 cm³/mol. The monoisotopic (exact) mass is 351 g/mol. The van der Waals surface area contributed by atoms with Crippen LogP contribution < -0.4 is 10.5 Å². The topological polar surface area (TPSA) is 44.5 Å². The van der Waals surface area contributed by atoms with E-state index in [9.17, 15) is 4.39 Å². The molecule has 1 aromatic rings. The van der Waals surface area contributed by atoms with Crippen molar-refractivity contribution in [2.75, 3.05) is 25.6 Å². The first-order chi connectivity index (χ1) is 8.16. The Morgan fingerprint density at radius 1 is 1.41 bits per heavy atom. The molecule has 1 saturated heterocycles. The molecule has 0 spiro atoms. The lowest BCUT2D eigenvalue weighted by Crippen LogP contribution is -2.21. The number of nitrogen functional groups attached to an aromatic ring is 1. The van der Waals surface area contributed by atoms with E-state index >= 15 is 0 Å². The van der Waals surface area contributed by atoms with Gasteiger partial charge in [0.15, 0.2) is 0 Å². The molecular formula is C12H15FINO2. The Kier molecular flexibility index (Phi) is 4.44. The van der Waals surface area contributed by atoms with Crippen molar-refractivity contribution in [1.29, 1.82) is 0 Å². The molecule has 0 radical (unpaired) electrons. The van der Waals surface area contributed by atoms with E-state index in [0.717, 1.165) is 26.1 Å². The zero-order valence-electron chi connectivity index (χ0n) is 9.42. The van der Waals surface area contributed by atoms with Gasteiger partial charge < -0.3 is 15.2 Å². The van der Waals surface area contributed by atoms with Crippen LogP contribution in [0.15, 0.2) is 12.1 Å². The van der Waals surface area contributed by atoms with E-state index in [1.165, 1.54) is 6.07 Å². The van der Waals surface area contributed by atoms with E-state index in [1.54, 1.807) is 6.07 Å². The number of hydrogen-bond donors (Lipinski definition) is 1. The van der Waals surface area contributed by atoms with Crippen molar-refractivity contribution >= 4 is 28.3 Å². The van der Waals surface area contributed by atoms with Crippen molar-refractivity contribution in [3.8, 4) is 5.75 Å². The summed E-state index contributed by atoms with van der Waals surface area (Å²) in [4.78, 5) is 0. The van der Waals surface area contributed by atoms with Crippen LogP contribution in [0, 0.1) is 15.3 Å². The molecule has 2 N–H and O–H groups in total. The maximum Gasteiger partial charge on any atom is 0.145 e. The second-order valence-corrected chi connectivity index (χ2v) is 5.33. The highest BCUT2D eigenvalue weighted by Crippen LogP contribution is 2.27. The minimum absolute atomic E-state index is 0.290. The standard InChI is InChI=1S/C12H15FINO2/c13-9-5-12(11(15)6-10(9)14)17-7-8-1-3-16-4-2-8/h5-6,8H,1-4,7,15H2. The van der Waals surface area contributed by atoms with Crippen LogP contribution in [0.3, 0.4) is 0 Å². The number of anilines is 1. The van der Waals surface area contributed by atoms with Gasteiger partial charge in [-0.1, -0.05) is 0 Å². The Hall–Kier alpha value is -0.560. The average molecular weight is 351 g/mol. The summed E-state index contributed by atoms with van der Waals surface area (Å²) in [5.74, 6) is 0.627. The van der Waals surface area contributed by atoms with Crippen molar-refractivity contribution < 1.29 is 13.9 Å². The molecule has 1 aliphatic heterocycles. The molecule has 5 heteroatoms. The molecule has 0 atom stereocenters. The third kappa shape index (κ3) is 3.45. The summed E-state index contributed by atoms with van der Waals surface area (Å²) in [6.45, 7) is 2.14. The molecule has 1 fully saturated rings. The first kappa shape index (κ1) is 12.9. The molecule has 0 unspecified atom stereocenters. The number of nitrogens with two attached hydrogens (primary N) is 1. The summed E-state index contributed by atoms with van der Waals surface area (Å²) in [5.41, 5.74) is 6.27. The van der Waals surface area contributed by atoms with Crippen molar-refractivity contribution in [2.45, 2.75) is 12.8 Å². The number of benzene rings is 1. The molecule has 3 nitrogen and oxygen atoms in total. The number of ether oxygens (including phenoxy) is 2. The van der Waals surface area contributed by atoms with Crippen LogP contribution in [0.1, 0.15) is 12.8 Å². The Morgan fingerprint density at radius 3 is 2.82 bits per heavy atom. The summed E-state index contributed by atoms with van der Waals surface area (Å²) in [6, 6.07) is 2.95. The number of halogens is 2.